The molecule has 1 aliphatic rings. The van der Waals surface area contributed by atoms with Crippen LogP contribution in [0.25, 0.3) is 22.1 Å². The van der Waals surface area contributed by atoms with Crippen molar-refractivity contribution in [1.82, 2.24) is 35.1 Å². The van der Waals surface area contributed by atoms with E-state index >= 15 is 0 Å². The number of nitrogens with two attached hydrogens (primary N) is 2. The Morgan fingerprint density at radius 2 is 1.49 bits per heavy atom. The summed E-state index contributed by atoms with van der Waals surface area (Å²) in [5.74, 6) is -1.17. The van der Waals surface area contributed by atoms with Crippen molar-refractivity contribution < 1.29 is 65.6 Å². The highest BCUT2D eigenvalue weighted by Gasteiger charge is 2.43. The second-order valence-corrected chi connectivity index (χ2v) is 18.3. The van der Waals surface area contributed by atoms with Crippen LogP contribution in [0.2, 0.25) is 0 Å². The molecule has 24 nitrogen and oxygen atoms in total. The predicted molar refractivity (Wildman–Crippen MR) is 247 cm³/mol. The highest BCUT2D eigenvalue weighted by molar-refractivity contribution is 7.47. The number of anilines is 1. The van der Waals surface area contributed by atoms with E-state index in [1.807, 2.05) is 36.5 Å². The van der Waals surface area contributed by atoms with Gasteiger partial charge in [0.15, 0.2) is 16.9 Å². The molecule has 69 heavy (non-hydrogen) atoms. The Labute approximate surface area is 393 Å². The van der Waals surface area contributed by atoms with Crippen LogP contribution in [0.5, 0.6) is 0 Å². The quantitative estimate of drug-likeness (QED) is 0.0220. The minimum atomic E-state index is -4.85. The molecule has 0 spiro atoms. The molecule has 368 valence electrons. The minimum absolute atomic E-state index is 0.0243. The van der Waals surface area contributed by atoms with Gasteiger partial charge in [-0.1, -0.05) is 60.7 Å². The Bertz CT molecular complexity index is 2860. The Balaban J connectivity index is 0.831. The number of nitrogens with zero attached hydrogens (tertiary/aromatic N) is 3. The number of benzene rings is 3. The second-order valence-electron chi connectivity index (χ2n) is 15.4. The zero-order valence-electron chi connectivity index (χ0n) is 36.8. The average molecular weight is 996 g/mol. The monoisotopic (exact) mass is 995 g/mol. The average Bonchev–Trinajstić information content (AvgIpc) is 4.07. The number of hydrogen-bond acceptors (Lipinski definition) is 17. The van der Waals surface area contributed by atoms with Crippen LogP contribution in [0.15, 0.2) is 96.2 Å². The van der Waals surface area contributed by atoms with E-state index in [0.29, 0.717) is 23.1 Å². The van der Waals surface area contributed by atoms with Crippen molar-refractivity contribution in [3.8, 4) is 0 Å². The largest absolute Gasteiger partial charge is 0.472 e. The maximum Gasteiger partial charge on any atom is 0.472 e. The van der Waals surface area contributed by atoms with Crippen LogP contribution in [0.1, 0.15) is 44.5 Å². The van der Waals surface area contributed by atoms with Gasteiger partial charge < -0.3 is 51.1 Å². The summed E-state index contributed by atoms with van der Waals surface area (Å²) in [5.41, 5.74) is 14.3. The molecule has 0 radical (unpaired) electrons. The maximum absolute atomic E-state index is 13.1. The van der Waals surface area contributed by atoms with Crippen molar-refractivity contribution in [2.75, 3.05) is 65.1 Å². The highest BCUT2D eigenvalue weighted by Crippen LogP contribution is 2.50. The SMILES string of the molecule is Nc1nc2c(ncn2[C@H]2C[C@H](OP(=O)(O)OCCOCCNC(=O)[C@@H](N)Cc3c[nH]c4ccccc34)[C@@H](COP(=O)(O)OCCOCCNC(=O)c3ccc(C(=O)c4ccccc4)cc3)O2)c(=O)[nH]1. The molecule has 6 atom stereocenters. The molecule has 0 aliphatic carbocycles. The first kappa shape index (κ1) is 50.9. The molecule has 6 aromatic rings. The van der Waals surface area contributed by atoms with Gasteiger partial charge in [0.25, 0.3) is 11.5 Å². The number of aromatic nitrogens is 5. The molecule has 4 heterocycles. The van der Waals surface area contributed by atoms with Gasteiger partial charge in [0.1, 0.15) is 18.4 Å². The molecular weight excluding hydrogens is 944 g/mol. The standard InChI is InChI=1S/C43H51N9O15P2/c44-32(22-30-24-48-33-9-5-4-8-31(30)33)41(55)47-15-17-62-19-21-64-69(59,60)67-34-23-36(52-26-49-37-39(52)50-43(45)51-42(37)56)66-35(34)25-65-68(57,58)63-20-18-61-16-14-46-40(54)29-12-10-28(11-13-29)38(53)27-6-2-1-3-7-27/h1-13,24,26,32,34-36,48H,14-23,25,44H2,(H,46,54)(H,47,55)(H,57,58)(H,59,60)(H3,45,50,51,56)/t32-,34-,35+,36+/m0/s1. The number of phosphoric acid groups is 2. The second kappa shape index (κ2) is 23.6. The van der Waals surface area contributed by atoms with Crippen molar-refractivity contribution in [3.05, 3.63) is 124 Å². The molecule has 0 bridgehead atoms. The lowest BCUT2D eigenvalue weighted by molar-refractivity contribution is -0.122. The first-order chi connectivity index (χ1) is 33.2. The minimum Gasteiger partial charge on any atom is -0.377 e. The molecule has 1 aliphatic heterocycles. The first-order valence-corrected chi connectivity index (χ1v) is 24.5. The van der Waals surface area contributed by atoms with Crippen molar-refractivity contribution in [3.63, 3.8) is 0 Å². The summed E-state index contributed by atoms with van der Waals surface area (Å²) in [6.45, 7) is -1.56. The summed E-state index contributed by atoms with van der Waals surface area (Å²) < 4.78 is 65.0. The van der Waals surface area contributed by atoms with Crippen LogP contribution < -0.4 is 27.7 Å². The van der Waals surface area contributed by atoms with E-state index in [2.05, 4.69) is 30.6 Å². The third-order valence-corrected chi connectivity index (χ3v) is 12.6. The topological polar surface area (TPSA) is 346 Å². The van der Waals surface area contributed by atoms with Crippen molar-refractivity contribution in [2.45, 2.75) is 37.3 Å². The van der Waals surface area contributed by atoms with Crippen molar-refractivity contribution in [1.29, 1.82) is 0 Å². The van der Waals surface area contributed by atoms with Gasteiger partial charge >= 0.3 is 15.6 Å². The summed E-state index contributed by atoms with van der Waals surface area (Å²) in [6, 6.07) is 21.8. The van der Waals surface area contributed by atoms with Gasteiger partial charge in [-0.2, -0.15) is 4.98 Å². The molecule has 2 unspecified atom stereocenters. The number of ketones is 1. The van der Waals surface area contributed by atoms with E-state index in [4.69, 9.17) is 43.8 Å². The number of ether oxygens (including phenoxy) is 3. The first-order valence-electron chi connectivity index (χ1n) is 21.5. The van der Waals surface area contributed by atoms with Gasteiger partial charge in [0.2, 0.25) is 11.9 Å². The summed E-state index contributed by atoms with van der Waals surface area (Å²) >= 11 is 0. The number of carbonyl (C=O) groups is 3. The molecule has 1 saturated heterocycles. The van der Waals surface area contributed by atoms with E-state index in [1.54, 1.807) is 36.4 Å². The number of phosphoric ester groups is 2. The Kier molecular flexibility index (Phi) is 17.4. The molecule has 26 heteroatoms. The van der Waals surface area contributed by atoms with Gasteiger partial charge in [-0.05, 0) is 30.2 Å². The Hall–Kier alpha value is -5.98. The van der Waals surface area contributed by atoms with Crippen molar-refractivity contribution >= 4 is 61.3 Å². The zero-order chi connectivity index (χ0) is 49.0. The smallest absolute Gasteiger partial charge is 0.377 e. The number of hydrogen-bond donors (Lipinski definition) is 8. The van der Waals surface area contributed by atoms with Crippen LogP contribution >= 0.6 is 15.6 Å². The fourth-order valence-corrected chi connectivity index (χ4v) is 8.84. The van der Waals surface area contributed by atoms with Gasteiger partial charge in [-0.25, -0.2) is 14.1 Å². The fraction of sp³-hybridized carbons (Fsp3) is 0.349. The molecule has 0 saturated carbocycles. The third kappa shape index (κ3) is 14.1. The summed E-state index contributed by atoms with van der Waals surface area (Å²) in [7, 11) is -9.63. The summed E-state index contributed by atoms with van der Waals surface area (Å²) in [6.07, 6.45) is -0.455. The molecule has 7 rings (SSSR count). The van der Waals surface area contributed by atoms with Crippen LogP contribution in [-0.4, -0.2) is 129 Å². The van der Waals surface area contributed by atoms with E-state index < -0.39 is 71.4 Å². The number of nitrogen functional groups attached to an aromatic ring is 1. The lowest BCUT2D eigenvalue weighted by Crippen LogP contribution is -2.43. The zero-order valence-corrected chi connectivity index (χ0v) is 38.6. The van der Waals surface area contributed by atoms with E-state index in [-0.39, 0.29) is 74.7 Å². The number of amides is 2. The molecule has 10 N–H and O–H groups in total. The number of H-pyrrole nitrogens is 2. The number of rotatable bonds is 26. The number of carbonyl (C=O) groups excluding carboxylic acids is 3. The fourth-order valence-electron chi connectivity index (χ4n) is 7.20. The van der Waals surface area contributed by atoms with Crippen molar-refractivity contribution in [2.24, 2.45) is 5.73 Å². The summed E-state index contributed by atoms with van der Waals surface area (Å²) in [4.78, 5) is 85.0. The Morgan fingerprint density at radius 1 is 0.841 bits per heavy atom. The van der Waals surface area contributed by atoms with Gasteiger partial charge in [0, 0.05) is 53.3 Å². The Morgan fingerprint density at radius 3 is 2.23 bits per heavy atom. The van der Waals surface area contributed by atoms with E-state index in [9.17, 15) is 38.1 Å². The number of fused-ring (bicyclic) bond motifs is 2. The normalized spacial score (nSPS) is 18.2. The van der Waals surface area contributed by atoms with Crippen LogP contribution in [0.3, 0.4) is 0 Å². The molecular formula is C43H51N9O15P2. The lowest BCUT2D eigenvalue weighted by atomic mass is 10.0. The van der Waals surface area contributed by atoms with Gasteiger partial charge in [-0.15, -0.1) is 0 Å². The predicted octanol–water partition coefficient (Wildman–Crippen LogP) is 2.49. The molecule has 3 aromatic carbocycles. The van der Waals surface area contributed by atoms with Crippen LogP contribution in [-0.2, 0) is 52.7 Å². The van der Waals surface area contributed by atoms with E-state index in [0.717, 1.165) is 16.5 Å². The molecule has 1 fully saturated rings. The van der Waals surface area contributed by atoms with Gasteiger partial charge in [-0.3, -0.25) is 46.8 Å². The molecule has 3 aromatic heterocycles. The summed E-state index contributed by atoms with van der Waals surface area (Å²) in [5, 5.41) is 6.34. The number of nitrogens with one attached hydrogen (secondary N) is 4. The number of para-hydroxylation sites is 1. The van der Waals surface area contributed by atoms with E-state index in [1.165, 1.54) is 23.0 Å². The number of imidazole rings is 1. The maximum atomic E-state index is 13.1. The van der Waals surface area contributed by atoms with Gasteiger partial charge in [0.05, 0.1) is 58.6 Å². The van der Waals surface area contributed by atoms with Crippen LogP contribution in [0, 0.1) is 0 Å². The third-order valence-electron chi connectivity index (χ3n) is 10.6. The number of aromatic amines is 2. The molecule has 2 amide bonds. The lowest BCUT2D eigenvalue weighted by Gasteiger charge is -2.22. The van der Waals surface area contributed by atoms with Crippen LogP contribution in [0.4, 0.5) is 5.95 Å². The highest BCUT2D eigenvalue weighted by atomic mass is 31.2.